The molecule has 0 spiro atoms. The van der Waals surface area contributed by atoms with Crippen LogP contribution in [0.25, 0.3) is 11.4 Å². The number of carbonyl (C=O) groups excluding carboxylic acids is 1. The van der Waals surface area contributed by atoms with E-state index in [1.165, 1.54) is 0 Å². The van der Waals surface area contributed by atoms with Crippen molar-refractivity contribution in [2.45, 2.75) is 13.8 Å². The highest BCUT2D eigenvalue weighted by atomic mass is 16.5. The first kappa shape index (κ1) is 15.6. The Hall–Kier alpha value is -3.29. The number of anilines is 1. The van der Waals surface area contributed by atoms with Crippen LogP contribution in [0, 0.1) is 13.8 Å². The summed E-state index contributed by atoms with van der Waals surface area (Å²) in [6, 6.07) is 6.89. The van der Waals surface area contributed by atoms with Crippen molar-refractivity contribution in [2.24, 2.45) is 0 Å². The van der Waals surface area contributed by atoms with Crippen LogP contribution in [0.15, 0.2) is 41.2 Å². The van der Waals surface area contributed by atoms with E-state index in [9.17, 15) is 4.79 Å². The minimum Gasteiger partial charge on any atom is -0.467 e. The number of hydrogen-bond donors (Lipinski definition) is 1. The van der Waals surface area contributed by atoms with E-state index in [0.29, 0.717) is 23.3 Å². The smallest absolute Gasteiger partial charge is 0.263 e. The van der Waals surface area contributed by atoms with Crippen LogP contribution in [-0.4, -0.2) is 32.6 Å². The molecule has 0 aliphatic rings. The summed E-state index contributed by atoms with van der Waals surface area (Å²) in [7, 11) is 0. The van der Waals surface area contributed by atoms with Gasteiger partial charge in [-0.1, -0.05) is 5.16 Å². The number of ether oxygens (including phenoxy) is 1. The molecular formula is C16H15N5O3. The van der Waals surface area contributed by atoms with Gasteiger partial charge < -0.3 is 14.6 Å². The molecule has 0 aliphatic heterocycles. The molecule has 1 amide bonds. The van der Waals surface area contributed by atoms with E-state index in [4.69, 9.17) is 9.26 Å². The zero-order chi connectivity index (χ0) is 16.9. The first-order chi connectivity index (χ1) is 11.6. The predicted octanol–water partition coefficient (Wildman–Crippen LogP) is 2.16. The Bertz CT molecular complexity index is 848. The van der Waals surface area contributed by atoms with Crippen molar-refractivity contribution in [1.29, 1.82) is 0 Å². The fourth-order valence-electron chi connectivity index (χ4n) is 1.99. The van der Waals surface area contributed by atoms with E-state index < -0.39 is 0 Å². The van der Waals surface area contributed by atoms with Crippen LogP contribution in [0.3, 0.4) is 0 Å². The number of nitrogens with one attached hydrogen (secondary N) is 1. The van der Waals surface area contributed by atoms with E-state index in [2.05, 4.69) is 25.4 Å². The predicted molar refractivity (Wildman–Crippen MR) is 85.4 cm³/mol. The fraction of sp³-hybridized carbons (Fsp3) is 0.188. The lowest BCUT2D eigenvalue weighted by molar-refractivity contribution is -0.118. The van der Waals surface area contributed by atoms with Gasteiger partial charge >= 0.3 is 0 Å². The van der Waals surface area contributed by atoms with Gasteiger partial charge in [-0.25, -0.2) is 4.98 Å². The number of nitrogens with zero attached hydrogens (tertiary/aromatic N) is 4. The van der Waals surface area contributed by atoms with Gasteiger partial charge in [0.15, 0.2) is 18.2 Å². The van der Waals surface area contributed by atoms with E-state index in [-0.39, 0.29) is 12.5 Å². The highest BCUT2D eigenvalue weighted by molar-refractivity contribution is 5.90. The van der Waals surface area contributed by atoms with Crippen LogP contribution in [0.2, 0.25) is 0 Å². The third-order valence-electron chi connectivity index (χ3n) is 3.02. The van der Waals surface area contributed by atoms with Crippen LogP contribution in [0.5, 0.6) is 5.88 Å². The fourth-order valence-corrected chi connectivity index (χ4v) is 1.99. The van der Waals surface area contributed by atoms with Crippen molar-refractivity contribution in [1.82, 2.24) is 20.1 Å². The van der Waals surface area contributed by atoms with Gasteiger partial charge in [-0.3, -0.25) is 9.78 Å². The Morgan fingerprint density at radius 3 is 2.71 bits per heavy atom. The number of aromatic nitrogens is 4. The molecule has 3 aromatic heterocycles. The molecule has 24 heavy (non-hydrogen) atoms. The minimum absolute atomic E-state index is 0.196. The van der Waals surface area contributed by atoms with Gasteiger partial charge in [0.25, 0.3) is 5.91 Å². The molecule has 0 bridgehead atoms. The number of pyridine rings is 1. The molecule has 8 heteroatoms. The summed E-state index contributed by atoms with van der Waals surface area (Å²) < 4.78 is 10.3. The highest BCUT2D eigenvalue weighted by Crippen LogP contribution is 2.18. The van der Waals surface area contributed by atoms with Crippen molar-refractivity contribution in [3.8, 4) is 17.3 Å². The summed E-state index contributed by atoms with van der Waals surface area (Å²) >= 11 is 0. The normalized spacial score (nSPS) is 10.4. The maximum atomic E-state index is 11.9. The summed E-state index contributed by atoms with van der Waals surface area (Å²) in [4.78, 5) is 24.5. The summed E-state index contributed by atoms with van der Waals surface area (Å²) in [6.07, 6.45) is 3.32. The van der Waals surface area contributed by atoms with Crippen LogP contribution in [0.4, 0.5) is 5.82 Å². The van der Waals surface area contributed by atoms with Crippen molar-refractivity contribution in [3.63, 3.8) is 0 Å². The molecule has 0 saturated heterocycles. The lowest BCUT2D eigenvalue weighted by atomic mass is 10.2. The van der Waals surface area contributed by atoms with Crippen LogP contribution < -0.4 is 10.1 Å². The molecule has 0 radical (unpaired) electrons. The van der Waals surface area contributed by atoms with Crippen LogP contribution >= 0.6 is 0 Å². The van der Waals surface area contributed by atoms with Crippen molar-refractivity contribution < 1.29 is 14.1 Å². The third-order valence-corrected chi connectivity index (χ3v) is 3.02. The molecule has 0 unspecified atom stereocenters. The topological polar surface area (TPSA) is 103 Å². The van der Waals surface area contributed by atoms with E-state index >= 15 is 0 Å². The molecule has 8 nitrogen and oxygen atoms in total. The van der Waals surface area contributed by atoms with Crippen LogP contribution in [0.1, 0.15) is 11.5 Å². The molecule has 0 saturated carbocycles. The maximum Gasteiger partial charge on any atom is 0.263 e. The number of amides is 1. The van der Waals surface area contributed by atoms with Gasteiger partial charge in [0.1, 0.15) is 5.76 Å². The highest BCUT2D eigenvalue weighted by Gasteiger charge is 2.10. The van der Waals surface area contributed by atoms with Gasteiger partial charge in [0, 0.05) is 35.8 Å². The van der Waals surface area contributed by atoms with Gasteiger partial charge in [0.2, 0.25) is 5.88 Å². The molecule has 0 aliphatic carbocycles. The lowest BCUT2D eigenvalue weighted by Crippen LogP contribution is -2.20. The Kier molecular flexibility index (Phi) is 4.46. The first-order valence-corrected chi connectivity index (χ1v) is 7.22. The van der Waals surface area contributed by atoms with E-state index in [0.717, 1.165) is 11.3 Å². The second-order valence-corrected chi connectivity index (χ2v) is 5.07. The average Bonchev–Trinajstić information content (AvgIpc) is 2.98. The van der Waals surface area contributed by atoms with E-state index in [1.54, 1.807) is 43.6 Å². The number of aryl methyl sites for hydroxylation is 2. The Balaban J connectivity index is 1.67. The molecule has 0 aromatic carbocycles. The zero-order valence-corrected chi connectivity index (χ0v) is 13.2. The monoisotopic (exact) mass is 325 g/mol. The first-order valence-electron chi connectivity index (χ1n) is 7.22. The number of carbonyl (C=O) groups is 1. The summed E-state index contributed by atoms with van der Waals surface area (Å²) in [6.45, 7) is 3.37. The second kappa shape index (κ2) is 6.86. The molecule has 122 valence electrons. The Morgan fingerprint density at radius 2 is 2.00 bits per heavy atom. The second-order valence-electron chi connectivity index (χ2n) is 5.07. The molecule has 3 rings (SSSR count). The third kappa shape index (κ3) is 3.92. The summed E-state index contributed by atoms with van der Waals surface area (Å²) in [5, 5.41) is 6.26. The maximum absolute atomic E-state index is 11.9. The summed E-state index contributed by atoms with van der Waals surface area (Å²) in [5.41, 5.74) is 1.56. The standard InChI is InChI=1S/C16H15N5O3/c1-10-7-15(20-16(18-10)12-3-5-17-6-4-12)23-9-14(22)19-13-8-11(2)24-21-13/h3-8H,9H2,1-2H3,(H,19,21,22). The molecule has 1 N–H and O–H groups in total. The minimum atomic E-state index is -0.356. The van der Waals surface area contributed by atoms with E-state index in [1.807, 2.05) is 6.92 Å². The average molecular weight is 325 g/mol. The molecule has 0 atom stereocenters. The summed E-state index contributed by atoms with van der Waals surface area (Å²) in [5.74, 6) is 1.43. The Labute approximate surface area is 137 Å². The SMILES string of the molecule is Cc1cc(OCC(=O)Nc2cc(C)on2)nc(-c2ccncc2)n1. The van der Waals surface area contributed by atoms with Gasteiger partial charge in [-0.15, -0.1) is 0 Å². The van der Waals surface area contributed by atoms with Gasteiger partial charge in [-0.2, -0.15) is 4.98 Å². The largest absolute Gasteiger partial charge is 0.467 e. The lowest BCUT2D eigenvalue weighted by Gasteiger charge is -2.08. The Morgan fingerprint density at radius 1 is 1.21 bits per heavy atom. The molecule has 0 fully saturated rings. The van der Waals surface area contributed by atoms with Gasteiger partial charge in [-0.05, 0) is 26.0 Å². The number of hydrogen-bond acceptors (Lipinski definition) is 7. The van der Waals surface area contributed by atoms with Crippen LogP contribution in [-0.2, 0) is 4.79 Å². The molecule has 3 heterocycles. The molecule has 3 aromatic rings. The quantitative estimate of drug-likeness (QED) is 0.766. The molecular weight excluding hydrogens is 310 g/mol. The zero-order valence-electron chi connectivity index (χ0n) is 13.2. The van der Waals surface area contributed by atoms with Crippen molar-refractivity contribution in [2.75, 3.05) is 11.9 Å². The van der Waals surface area contributed by atoms with Crippen molar-refractivity contribution >= 4 is 11.7 Å². The number of rotatable bonds is 5. The van der Waals surface area contributed by atoms with Crippen molar-refractivity contribution in [3.05, 3.63) is 48.1 Å². The van der Waals surface area contributed by atoms with Gasteiger partial charge in [0.05, 0.1) is 0 Å².